The Kier molecular flexibility index (Phi) is 5.23. The van der Waals surface area contributed by atoms with Crippen LogP contribution >= 0.6 is 0 Å². The van der Waals surface area contributed by atoms with Gasteiger partial charge in [0.25, 0.3) is 5.56 Å². The molecule has 7 nitrogen and oxygen atoms in total. The number of nitrogens with one attached hydrogen (secondary N) is 2. The Bertz CT molecular complexity index is 805. The van der Waals surface area contributed by atoms with E-state index in [1.807, 2.05) is 31.2 Å². The van der Waals surface area contributed by atoms with Crippen LogP contribution in [-0.2, 0) is 4.74 Å². The first-order valence-corrected chi connectivity index (χ1v) is 8.42. The van der Waals surface area contributed by atoms with Crippen LogP contribution in [0.4, 0.5) is 5.82 Å². The van der Waals surface area contributed by atoms with Gasteiger partial charge in [0.05, 0.1) is 13.2 Å². The molecular weight excluding hydrogens is 322 g/mol. The minimum absolute atomic E-state index is 0.0934. The van der Waals surface area contributed by atoms with Gasteiger partial charge >= 0.3 is 5.69 Å². The van der Waals surface area contributed by atoms with Gasteiger partial charge in [-0.3, -0.25) is 14.3 Å². The molecule has 0 aliphatic carbocycles. The fraction of sp³-hybridized carbons (Fsp3) is 0.444. The molecule has 1 saturated heterocycles. The lowest BCUT2D eigenvalue weighted by atomic mass is 10.1. The molecule has 1 atom stereocenters. The molecule has 2 N–H and O–H groups in total. The van der Waals surface area contributed by atoms with E-state index in [9.17, 15) is 9.59 Å². The van der Waals surface area contributed by atoms with E-state index in [4.69, 9.17) is 9.47 Å². The largest absolute Gasteiger partial charge is 0.497 e. The predicted octanol–water partition coefficient (Wildman–Crippen LogP) is 2.07. The standard InChI is InChI=1S/C18H23N3O4/c1-12(13-4-3-5-15(10-13)24-2)19-16-11-17(22)21(18(23)20-16)14-6-8-25-9-7-14/h3-5,10-12,14,19H,6-9H2,1-2H3,(H,20,23)/t12-/m0/s1. The third-order valence-electron chi connectivity index (χ3n) is 4.49. The Labute approximate surface area is 145 Å². The molecular formula is C18H23N3O4. The third-order valence-corrected chi connectivity index (χ3v) is 4.49. The molecule has 1 aromatic heterocycles. The molecule has 1 aromatic carbocycles. The molecule has 0 unspecified atom stereocenters. The molecule has 0 radical (unpaired) electrons. The number of ether oxygens (including phenoxy) is 2. The number of benzene rings is 1. The van der Waals surface area contributed by atoms with Gasteiger partial charge < -0.3 is 14.8 Å². The van der Waals surface area contributed by atoms with Gasteiger partial charge in [0.15, 0.2) is 0 Å². The van der Waals surface area contributed by atoms with Gasteiger partial charge in [-0.25, -0.2) is 4.79 Å². The second kappa shape index (κ2) is 7.57. The average molecular weight is 345 g/mol. The first kappa shape index (κ1) is 17.3. The van der Waals surface area contributed by atoms with Gasteiger partial charge in [-0.15, -0.1) is 0 Å². The summed E-state index contributed by atoms with van der Waals surface area (Å²) in [6, 6.07) is 8.89. The summed E-state index contributed by atoms with van der Waals surface area (Å²) in [6.07, 6.45) is 1.35. The summed E-state index contributed by atoms with van der Waals surface area (Å²) in [6.45, 7) is 3.10. The van der Waals surface area contributed by atoms with Gasteiger partial charge in [0, 0.05) is 25.3 Å². The zero-order chi connectivity index (χ0) is 17.8. The maximum absolute atomic E-state index is 12.4. The average Bonchev–Trinajstić information content (AvgIpc) is 2.62. The normalized spacial score (nSPS) is 16.4. The quantitative estimate of drug-likeness (QED) is 0.866. The van der Waals surface area contributed by atoms with Crippen LogP contribution in [0.25, 0.3) is 0 Å². The lowest BCUT2D eigenvalue weighted by molar-refractivity contribution is 0.0674. The number of hydrogen-bond acceptors (Lipinski definition) is 5. The molecule has 0 amide bonds. The van der Waals surface area contributed by atoms with Crippen molar-refractivity contribution in [3.63, 3.8) is 0 Å². The van der Waals surface area contributed by atoms with Gasteiger partial charge in [-0.2, -0.15) is 0 Å². The van der Waals surface area contributed by atoms with E-state index in [-0.39, 0.29) is 23.3 Å². The Morgan fingerprint density at radius 3 is 2.72 bits per heavy atom. The molecule has 1 aliphatic rings. The first-order chi connectivity index (χ1) is 12.1. The number of anilines is 1. The van der Waals surface area contributed by atoms with Crippen molar-refractivity contribution in [2.45, 2.75) is 31.8 Å². The molecule has 1 fully saturated rings. The number of H-pyrrole nitrogens is 1. The number of methoxy groups -OCH3 is 1. The second-order valence-electron chi connectivity index (χ2n) is 6.18. The van der Waals surface area contributed by atoms with E-state index in [0.29, 0.717) is 31.9 Å². The zero-order valence-electron chi connectivity index (χ0n) is 14.5. The van der Waals surface area contributed by atoms with Gasteiger partial charge in [0.1, 0.15) is 11.6 Å². The van der Waals surface area contributed by atoms with Crippen LogP contribution in [0.3, 0.4) is 0 Å². The Balaban J connectivity index is 1.81. The summed E-state index contributed by atoms with van der Waals surface area (Å²) in [5.74, 6) is 1.17. The highest BCUT2D eigenvalue weighted by atomic mass is 16.5. The van der Waals surface area contributed by atoms with Gasteiger partial charge in [0.2, 0.25) is 0 Å². The van der Waals surface area contributed by atoms with Crippen LogP contribution in [0.15, 0.2) is 39.9 Å². The fourth-order valence-electron chi connectivity index (χ4n) is 3.10. The van der Waals surface area contributed by atoms with Crippen LogP contribution < -0.4 is 21.3 Å². The molecule has 0 saturated carbocycles. The lowest BCUT2D eigenvalue weighted by Crippen LogP contribution is -2.40. The van der Waals surface area contributed by atoms with Crippen LogP contribution in [0.5, 0.6) is 5.75 Å². The molecule has 3 rings (SSSR count). The van der Waals surface area contributed by atoms with E-state index in [1.165, 1.54) is 10.6 Å². The minimum atomic E-state index is -0.389. The van der Waals surface area contributed by atoms with E-state index in [0.717, 1.165) is 11.3 Å². The minimum Gasteiger partial charge on any atom is -0.497 e. The lowest BCUT2D eigenvalue weighted by Gasteiger charge is -2.23. The van der Waals surface area contributed by atoms with E-state index in [1.54, 1.807) is 7.11 Å². The summed E-state index contributed by atoms with van der Waals surface area (Å²) >= 11 is 0. The van der Waals surface area contributed by atoms with E-state index in [2.05, 4.69) is 10.3 Å². The number of aromatic amines is 1. The molecule has 2 heterocycles. The summed E-state index contributed by atoms with van der Waals surface area (Å²) in [5.41, 5.74) is 0.310. The SMILES string of the molecule is COc1cccc([C@H](C)Nc2cc(=O)n(C3CCOCC3)c(=O)[nH]2)c1. The highest BCUT2D eigenvalue weighted by Gasteiger charge is 2.19. The maximum atomic E-state index is 12.4. The number of aromatic nitrogens is 2. The van der Waals surface area contributed by atoms with Crippen molar-refractivity contribution in [3.05, 3.63) is 56.7 Å². The van der Waals surface area contributed by atoms with Crippen molar-refractivity contribution in [3.8, 4) is 5.75 Å². The highest BCUT2D eigenvalue weighted by molar-refractivity contribution is 5.39. The van der Waals surface area contributed by atoms with Crippen molar-refractivity contribution in [2.75, 3.05) is 25.6 Å². The van der Waals surface area contributed by atoms with Crippen molar-refractivity contribution >= 4 is 5.82 Å². The van der Waals surface area contributed by atoms with Crippen molar-refractivity contribution in [1.29, 1.82) is 0 Å². The van der Waals surface area contributed by atoms with Gasteiger partial charge in [-0.1, -0.05) is 12.1 Å². The molecule has 1 aliphatic heterocycles. The number of hydrogen-bond donors (Lipinski definition) is 2. The number of rotatable bonds is 5. The predicted molar refractivity (Wildman–Crippen MR) is 95.4 cm³/mol. The third kappa shape index (κ3) is 3.93. The van der Waals surface area contributed by atoms with Crippen molar-refractivity contribution in [2.24, 2.45) is 0 Å². The Hall–Kier alpha value is -2.54. The molecule has 7 heteroatoms. The van der Waals surface area contributed by atoms with E-state index >= 15 is 0 Å². The van der Waals surface area contributed by atoms with Crippen molar-refractivity contribution < 1.29 is 9.47 Å². The first-order valence-electron chi connectivity index (χ1n) is 8.42. The smallest absolute Gasteiger partial charge is 0.330 e. The van der Waals surface area contributed by atoms with Crippen LogP contribution in [0, 0.1) is 0 Å². The fourth-order valence-corrected chi connectivity index (χ4v) is 3.10. The Morgan fingerprint density at radius 2 is 2.04 bits per heavy atom. The van der Waals surface area contributed by atoms with Crippen LogP contribution in [-0.4, -0.2) is 29.9 Å². The molecule has 134 valence electrons. The zero-order valence-corrected chi connectivity index (χ0v) is 14.5. The highest BCUT2D eigenvalue weighted by Crippen LogP contribution is 2.21. The van der Waals surface area contributed by atoms with Crippen LogP contribution in [0.2, 0.25) is 0 Å². The Morgan fingerprint density at radius 1 is 1.28 bits per heavy atom. The van der Waals surface area contributed by atoms with Crippen molar-refractivity contribution in [1.82, 2.24) is 9.55 Å². The molecule has 0 spiro atoms. The van der Waals surface area contributed by atoms with E-state index < -0.39 is 0 Å². The number of nitrogens with zero attached hydrogens (tertiary/aromatic N) is 1. The van der Waals surface area contributed by atoms with Crippen LogP contribution in [0.1, 0.15) is 37.4 Å². The summed E-state index contributed by atoms with van der Waals surface area (Å²) < 4.78 is 11.8. The summed E-state index contributed by atoms with van der Waals surface area (Å²) in [5, 5.41) is 3.17. The second-order valence-corrected chi connectivity index (χ2v) is 6.18. The summed E-state index contributed by atoms with van der Waals surface area (Å²) in [7, 11) is 1.62. The molecule has 0 bridgehead atoms. The molecule has 2 aromatic rings. The topological polar surface area (TPSA) is 85.3 Å². The summed E-state index contributed by atoms with van der Waals surface area (Å²) in [4.78, 5) is 27.6. The van der Waals surface area contributed by atoms with Gasteiger partial charge in [-0.05, 0) is 37.5 Å². The maximum Gasteiger partial charge on any atom is 0.330 e. The monoisotopic (exact) mass is 345 g/mol. The molecule has 25 heavy (non-hydrogen) atoms.